The zero-order valence-corrected chi connectivity index (χ0v) is 15.8. The summed E-state index contributed by atoms with van der Waals surface area (Å²) in [6, 6.07) is 3.03. The lowest BCUT2D eigenvalue weighted by molar-refractivity contribution is -0.138. The SMILES string of the molecule is CN1CC[C@]23c4c5ccc(OS(=O)(=O)C(F)(F)F)c4OC2C(=O)CC[C@H]3[C@H]1C5. The average molecular weight is 417 g/mol. The molecule has 2 fully saturated rings. The highest BCUT2D eigenvalue weighted by Gasteiger charge is 2.65. The quantitative estimate of drug-likeness (QED) is 0.543. The first kappa shape index (κ1) is 18.2. The number of carbonyl (C=O) groups excluding carboxylic acids is 1. The van der Waals surface area contributed by atoms with Gasteiger partial charge in [-0.3, -0.25) is 4.79 Å². The first-order valence-corrected chi connectivity index (χ1v) is 10.5. The minimum absolute atomic E-state index is 0.0152. The molecule has 4 aliphatic rings. The third kappa shape index (κ3) is 2.13. The van der Waals surface area contributed by atoms with Crippen molar-refractivity contribution in [2.24, 2.45) is 5.92 Å². The predicted octanol–water partition coefficient (Wildman–Crippen LogP) is 2.15. The van der Waals surface area contributed by atoms with Crippen LogP contribution in [0, 0.1) is 5.92 Å². The molecule has 0 aromatic heterocycles. The van der Waals surface area contributed by atoms with Gasteiger partial charge in [-0.05, 0) is 50.4 Å². The number of hydrogen-bond donors (Lipinski definition) is 0. The standard InChI is InChI=1S/C18H18F3NO5S/c1-22-7-6-17-10-3-4-12(23)16(17)26-15-13(27-28(24,25)18(19,20)21)5-2-9(14(15)17)8-11(10)22/h2,5,10-11,16H,3-4,6-8H2,1H3/t10-,11+,16?,17-/m0/s1. The lowest BCUT2D eigenvalue weighted by Gasteiger charge is -2.57. The summed E-state index contributed by atoms with van der Waals surface area (Å²) >= 11 is 0. The van der Waals surface area contributed by atoms with E-state index in [4.69, 9.17) is 4.74 Å². The summed E-state index contributed by atoms with van der Waals surface area (Å²) in [4.78, 5) is 14.9. The maximum absolute atomic E-state index is 12.8. The molecule has 1 spiro atoms. The molecule has 5 rings (SSSR count). The Labute approximate surface area is 159 Å². The molecule has 1 saturated carbocycles. The molecule has 1 saturated heterocycles. The fourth-order valence-electron chi connectivity index (χ4n) is 5.74. The summed E-state index contributed by atoms with van der Waals surface area (Å²) in [7, 11) is -3.79. The second-order valence-corrected chi connectivity index (χ2v) is 9.60. The van der Waals surface area contributed by atoms with Crippen LogP contribution in [0.1, 0.15) is 30.4 Å². The molecular formula is C18H18F3NO5S. The van der Waals surface area contributed by atoms with Crippen LogP contribution in [0.4, 0.5) is 13.2 Å². The zero-order valence-electron chi connectivity index (χ0n) is 15.0. The number of ketones is 1. The molecule has 2 bridgehead atoms. The van der Waals surface area contributed by atoms with Crippen LogP contribution in [0.2, 0.25) is 0 Å². The number of nitrogens with zero attached hydrogens (tertiary/aromatic N) is 1. The minimum Gasteiger partial charge on any atom is -0.477 e. The molecule has 10 heteroatoms. The molecule has 1 unspecified atom stereocenters. The summed E-state index contributed by atoms with van der Waals surface area (Å²) in [5, 5.41) is 0. The lowest BCUT2D eigenvalue weighted by Crippen LogP contribution is -2.65. The maximum Gasteiger partial charge on any atom is 0.534 e. The normalized spacial score (nSPS) is 34.0. The topological polar surface area (TPSA) is 72.9 Å². The highest BCUT2D eigenvalue weighted by atomic mass is 32.2. The van der Waals surface area contributed by atoms with Crippen LogP contribution in [-0.2, 0) is 26.7 Å². The number of likely N-dealkylation sites (tertiary alicyclic amines) is 1. The van der Waals surface area contributed by atoms with Gasteiger partial charge in [0.15, 0.2) is 23.4 Å². The smallest absolute Gasteiger partial charge is 0.477 e. The van der Waals surface area contributed by atoms with Gasteiger partial charge < -0.3 is 13.8 Å². The van der Waals surface area contributed by atoms with Crippen molar-refractivity contribution in [3.05, 3.63) is 23.3 Å². The fraction of sp³-hybridized carbons (Fsp3) is 0.611. The first-order valence-electron chi connectivity index (χ1n) is 9.13. The van der Waals surface area contributed by atoms with E-state index in [9.17, 15) is 26.4 Å². The van der Waals surface area contributed by atoms with Gasteiger partial charge in [-0.15, -0.1) is 0 Å². The third-order valence-electron chi connectivity index (χ3n) is 6.85. The summed E-state index contributed by atoms with van der Waals surface area (Å²) in [5.74, 6) is -0.465. The summed E-state index contributed by atoms with van der Waals surface area (Å²) in [6.07, 6.45) is 1.56. The number of benzene rings is 1. The monoisotopic (exact) mass is 417 g/mol. The summed E-state index contributed by atoms with van der Waals surface area (Å²) in [6.45, 7) is 0.735. The van der Waals surface area contributed by atoms with Gasteiger partial charge in [0.2, 0.25) is 0 Å². The number of piperidine rings is 1. The Kier molecular flexibility index (Phi) is 3.52. The van der Waals surface area contributed by atoms with Crippen LogP contribution < -0.4 is 8.92 Å². The Morgan fingerprint density at radius 2 is 2.07 bits per heavy atom. The third-order valence-corrected chi connectivity index (χ3v) is 7.82. The second kappa shape index (κ2) is 5.41. The van der Waals surface area contributed by atoms with Crippen LogP contribution in [0.25, 0.3) is 0 Å². The van der Waals surface area contributed by atoms with Crippen LogP contribution in [0.5, 0.6) is 11.5 Å². The average Bonchev–Trinajstić information content (AvgIpc) is 2.96. The number of ether oxygens (including phenoxy) is 1. The number of rotatable bonds is 2. The molecule has 4 atom stereocenters. The van der Waals surface area contributed by atoms with Crippen molar-refractivity contribution in [3.63, 3.8) is 0 Å². The number of likely N-dealkylation sites (N-methyl/N-ethyl adjacent to an activating group) is 1. The predicted molar refractivity (Wildman–Crippen MR) is 90.6 cm³/mol. The number of hydrogen-bond acceptors (Lipinski definition) is 6. The van der Waals surface area contributed by atoms with E-state index in [2.05, 4.69) is 9.08 Å². The molecular weight excluding hydrogens is 399 g/mol. The molecule has 6 nitrogen and oxygen atoms in total. The van der Waals surface area contributed by atoms with Gasteiger partial charge >= 0.3 is 15.6 Å². The van der Waals surface area contributed by atoms with Crippen molar-refractivity contribution in [2.45, 2.75) is 48.8 Å². The van der Waals surface area contributed by atoms with Gasteiger partial charge in [0.1, 0.15) is 0 Å². The number of carbonyl (C=O) groups is 1. The van der Waals surface area contributed by atoms with Gasteiger partial charge in [0, 0.05) is 23.4 Å². The van der Waals surface area contributed by atoms with Crippen molar-refractivity contribution in [2.75, 3.05) is 13.6 Å². The van der Waals surface area contributed by atoms with Gasteiger partial charge in [0.25, 0.3) is 0 Å². The first-order chi connectivity index (χ1) is 13.1. The summed E-state index contributed by atoms with van der Waals surface area (Å²) in [5.41, 5.74) is -4.60. The van der Waals surface area contributed by atoms with E-state index >= 15 is 0 Å². The van der Waals surface area contributed by atoms with Gasteiger partial charge in [0.05, 0.1) is 0 Å². The zero-order chi connectivity index (χ0) is 20.1. The van der Waals surface area contributed by atoms with E-state index in [0.29, 0.717) is 31.2 Å². The largest absolute Gasteiger partial charge is 0.534 e. The number of Topliss-reactive ketones (excluding diaryl/α,β-unsaturated/α-hetero) is 1. The molecule has 0 N–H and O–H groups in total. The van der Waals surface area contributed by atoms with E-state index in [0.717, 1.165) is 12.1 Å². The minimum atomic E-state index is -5.83. The van der Waals surface area contributed by atoms with E-state index in [1.807, 2.05) is 7.05 Å². The van der Waals surface area contributed by atoms with Gasteiger partial charge in [-0.2, -0.15) is 21.6 Å². The number of alkyl halides is 3. The Hall–Kier alpha value is -1.81. The van der Waals surface area contributed by atoms with E-state index in [1.165, 1.54) is 6.07 Å². The van der Waals surface area contributed by atoms with Crippen molar-refractivity contribution in [1.29, 1.82) is 0 Å². The molecule has 1 aromatic carbocycles. The van der Waals surface area contributed by atoms with Gasteiger partial charge in [-0.1, -0.05) is 6.07 Å². The molecule has 152 valence electrons. The lowest BCUT2D eigenvalue weighted by atomic mass is 9.52. The second-order valence-electron chi connectivity index (χ2n) is 8.06. The highest BCUT2D eigenvalue weighted by molar-refractivity contribution is 7.88. The van der Waals surface area contributed by atoms with Crippen molar-refractivity contribution in [1.82, 2.24) is 4.90 Å². The van der Waals surface area contributed by atoms with Crippen LogP contribution in [0.15, 0.2) is 12.1 Å². The molecule has 2 aliphatic heterocycles. The van der Waals surface area contributed by atoms with Crippen molar-refractivity contribution < 1.29 is 35.3 Å². The van der Waals surface area contributed by atoms with Crippen molar-refractivity contribution in [3.8, 4) is 11.5 Å². The number of halogens is 3. The Morgan fingerprint density at radius 3 is 2.79 bits per heavy atom. The molecule has 2 heterocycles. The molecule has 28 heavy (non-hydrogen) atoms. The molecule has 2 aliphatic carbocycles. The van der Waals surface area contributed by atoms with E-state index < -0.39 is 32.9 Å². The maximum atomic E-state index is 12.8. The highest BCUT2D eigenvalue weighted by Crippen LogP contribution is 2.63. The molecule has 0 amide bonds. The van der Waals surface area contributed by atoms with E-state index in [-0.39, 0.29) is 23.5 Å². The Balaban J connectivity index is 1.69. The summed E-state index contributed by atoms with van der Waals surface area (Å²) < 4.78 is 71.8. The van der Waals surface area contributed by atoms with Gasteiger partial charge in [-0.25, -0.2) is 0 Å². The van der Waals surface area contributed by atoms with Crippen LogP contribution in [-0.4, -0.2) is 50.3 Å². The Bertz CT molecular complexity index is 992. The Morgan fingerprint density at radius 1 is 1.32 bits per heavy atom. The molecule has 0 radical (unpaired) electrons. The molecule has 1 aromatic rings. The van der Waals surface area contributed by atoms with E-state index in [1.54, 1.807) is 6.07 Å². The van der Waals surface area contributed by atoms with Crippen LogP contribution in [0.3, 0.4) is 0 Å². The fourth-order valence-corrected chi connectivity index (χ4v) is 6.20. The van der Waals surface area contributed by atoms with Crippen LogP contribution >= 0.6 is 0 Å². The van der Waals surface area contributed by atoms with Crippen molar-refractivity contribution >= 4 is 15.9 Å².